The molecule has 2 unspecified atom stereocenters. The molecule has 21 heavy (non-hydrogen) atoms. The molecule has 1 aromatic rings. The molecule has 5 nitrogen and oxygen atoms in total. The average Bonchev–Trinajstić information content (AvgIpc) is 2.45. The zero-order chi connectivity index (χ0) is 15.8. The minimum absolute atomic E-state index is 0.266. The van der Waals surface area contributed by atoms with Gasteiger partial charge in [-0.15, -0.1) is 11.6 Å². The van der Waals surface area contributed by atoms with Crippen LogP contribution < -0.4 is 15.4 Å². The van der Waals surface area contributed by atoms with Crippen LogP contribution in [0.5, 0.6) is 5.75 Å². The molecule has 0 fully saturated rings. The predicted octanol–water partition coefficient (Wildman–Crippen LogP) is 1.97. The molecule has 0 radical (unpaired) electrons. The van der Waals surface area contributed by atoms with Crippen molar-refractivity contribution in [2.24, 2.45) is 0 Å². The Hall–Kier alpha value is -1.46. The molecule has 0 aliphatic heterocycles. The molecule has 116 valence electrons. The van der Waals surface area contributed by atoms with Gasteiger partial charge in [0, 0.05) is 18.1 Å². The molecule has 0 bridgehead atoms. The number of ether oxygens (including phenoxy) is 1. The highest BCUT2D eigenvalue weighted by atomic mass is 35.5. The summed E-state index contributed by atoms with van der Waals surface area (Å²) in [5.41, 5.74) is 0. The second kappa shape index (κ2) is 8.74. The number of carbonyl (C=O) groups excluding carboxylic acids is 2. The maximum absolute atomic E-state index is 11.8. The van der Waals surface area contributed by atoms with E-state index >= 15 is 0 Å². The van der Waals surface area contributed by atoms with E-state index in [1.807, 2.05) is 0 Å². The molecule has 7 heteroatoms. The van der Waals surface area contributed by atoms with Gasteiger partial charge in [-0.2, -0.15) is 0 Å². The standard InChI is InChI=1S/C14H18Cl2N2O3/c1-9(15)13(19)17-7-8-18-14(20)10(2)21-12-5-3-11(16)4-6-12/h3-6,9-10H,7-8H2,1-2H3,(H,17,19)(H,18,20). The van der Waals surface area contributed by atoms with Crippen molar-refractivity contribution in [1.82, 2.24) is 10.6 Å². The Kier molecular flexibility index (Phi) is 7.32. The van der Waals surface area contributed by atoms with Gasteiger partial charge in [-0.1, -0.05) is 11.6 Å². The maximum atomic E-state index is 11.8. The van der Waals surface area contributed by atoms with Crippen molar-refractivity contribution in [2.45, 2.75) is 25.3 Å². The molecule has 0 spiro atoms. The van der Waals surface area contributed by atoms with Crippen molar-refractivity contribution in [3.63, 3.8) is 0 Å². The van der Waals surface area contributed by atoms with Crippen LogP contribution in [0.4, 0.5) is 0 Å². The normalized spacial score (nSPS) is 13.1. The lowest BCUT2D eigenvalue weighted by molar-refractivity contribution is -0.127. The number of nitrogens with one attached hydrogen (secondary N) is 2. The molecular weight excluding hydrogens is 315 g/mol. The molecule has 2 amide bonds. The summed E-state index contributed by atoms with van der Waals surface area (Å²) in [6.07, 6.45) is -0.645. The molecule has 0 aliphatic rings. The van der Waals surface area contributed by atoms with E-state index in [4.69, 9.17) is 27.9 Å². The fourth-order valence-electron chi connectivity index (χ4n) is 1.43. The lowest BCUT2D eigenvalue weighted by Gasteiger charge is -2.15. The van der Waals surface area contributed by atoms with Crippen LogP contribution in [0.25, 0.3) is 0 Å². The lowest BCUT2D eigenvalue weighted by Crippen LogP contribution is -2.41. The van der Waals surface area contributed by atoms with Gasteiger partial charge in [-0.05, 0) is 38.1 Å². The number of halogens is 2. The Bertz CT molecular complexity index is 478. The largest absolute Gasteiger partial charge is 0.481 e. The minimum atomic E-state index is -0.645. The quantitative estimate of drug-likeness (QED) is 0.592. The highest BCUT2D eigenvalue weighted by molar-refractivity contribution is 6.30. The number of benzene rings is 1. The second-order valence-electron chi connectivity index (χ2n) is 4.41. The summed E-state index contributed by atoms with van der Waals surface area (Å²) in [6.45, 7) is 3.85. The fourth-order valence-corrected chi connectivity index (χ4v) is 1.63. The Labute approximate surface area is 133 Å². The van der Waals surface area contributed by atoms with E-state index in [9.17, 15) is 9.59 Å². The summed E-state index contributed by atoms with van der Waals surface area (Å²) in [7, 11) is 0. The zero-order valence-electron chi connectivity index (χ0n) is 11.9. The minimum Gasteiger partial charge on any atom is -0.481 e. The first-order chi connectivity index (χ1) is 9.90. The average molecular weight is 333 g/mol. The van der Waals surface area contributed by atoms with Crippen molar-refractivity contribution in [3.8, 4) is 5.75 Å². The van der Waals surface area contributed by atoms with Crippen LogP contribution in [0.1, 0.15) is 13.8 Å². The molecule has 2 atom stereocenters. The van der Waals surface area contributed by atoms with Gasteiger partial charge in [0.2, 0.25) is 5.91 Å². The number of alkyl halides is 1. The van der Waals surface area contributed by atoms with E-state index in [-0.39, 0.29) is 11.8 Å². The van der Waals surface area contributed by atoms with E-state index in [1.54, 1.807) is 38.1 Å². The van der Waals surface area contributed by atoms with Gasteiger partial charge in [-0.25, -0.2) is 0 Å². The van der Waals surface area contributed by atoms with Crippen LogP contribution in [0.2, 0.25) is 5.02 Å². The summed E-state index contributed by atoms with van der Waals surface area (Å²) >= 11 is 11.4. The Morgan fingerprint density at radius 1 is 1.10 bits per heavy atom. The third-order valence-corrected chi connectivity index (χ3v) is 3.03. The summed E-state index contributed by atoms with van der Waals surface area (Å²) in [6, 6.07) is 6.75. The predicted molar refractivity (Wildman–Crippen MR) is 82.9 cm³/mol. The Morgan fingerprint density at radius 2 is 1.62 bits per heavy atom. The summed E-state index contributed by atoms with van der Waals surface area (Å²) < 4.78 is 5.47. The van der Waals surface area contributed by atoms with Crippen LogP contribution in [-0.4, -0.2) is 36.4 Å². The van der Waals surface area contributed by atoms with E-state index < -0.39 is 11.5 Å². The van der Waals surface area contributed by atoms with Crippen molar-refractivity contribution in [1.29, 1.82) is 0 Å². The number of carbonyl (C=O) groups is 2. The van der Waals surface area contributed by atoms with Gasteiger partial charge in [0.05, 0.1) is 0 Å². The molecule has 1 rings (SSSR count). The first-order valence-corrected chi connectivity index (χ1v) is 7.33. The van der Waals surface area contributed by atoms with Gasteiger partial charge in [0.1, 0.15) is 11.1 Å². The third-order valence-electron chi connectivity index (χ3n) is 2.58. The van der Waals surface area contributed by atoms with Gasteiger partial charge >= 0.3 is 0 Å². The first-order valence-electron chi connectivity index (χ1n) is 6.52. The summed E-state index contributed by atoms with van der Waals surface area (Å²) in [4.78, 5) is 23.0. The van der Waals surface area contributed by atoms with Crippen molar-refractivity contribution in [3.05, 3.63) is 29.3 Å². The van der Waals surface area contributed by atoms with Gasteiger partial charge in [0.25, 0.3) is 5.91 Å². The van der Waals surface area contributed by atoms with E-state index in [0.29, 0.717) is 23.9 Å². The fraction of sp³-hybridized carbons (Fsp3) is 0.429. The molecule has 0 aliphatic carbocycles. The van der Waals surface area contributed by atoms with Crippen molar-refractivity contribution in [2.75, 3.05) is 13.1 Å². The van der Waals surface area contributed by atoms with E-state index in [1.165, 1.54) is 0 Å². The van der Waals surface area contributed by atoms with Gasteiger partial charge in [0.15, 0.2) is 6.10 Å². The third kappa shape index (κ3) is 6.69. The van der Waals surface area contributed by atoms with Crippen LogP contribution in [0, 0.1) is 0 Å². The monoisotopic (exact) mass is 332 g/mol. The summed E-state index contributed by atoms with van der Waals surface area (Å²) in [5.74, 6) is 0.0285. The van der Waals surface area contributed by atoms with Crippen LogP contribution in [0.3, 0.4) is 0 Å². The van der Waals surface area contributed by atoms with Gasteiger partial charge in [-0.3, -0.25) is 9.59 Å². The highest BCUT2D eigenvalue weighted by Gasteiger charge is 2.14. The number of rotatable bonds is 7. The van der Waals surface area contributed by atoms with E-state index in [0.717, 1.165) is 0 Å². The number of hydrogen-bond donors (Lipinski definition) is 2. The number of hydrogen-bond acceptors (Lipinski definition) is 3. The van der Waals surface area contributed by atoms with Crippen LogP contribution in [-0.2, 0) is 9.59 Å². The molecule has 1 aromatic carbocycles. The maximum Gasteiger partial charge on any atom is 0.260 e. The molecule has 2 N–H and O–H groups in total. The Morgan fingerprint density at radius 3 is 2.14 bits per heavy atom. The molecule has 0 saturated carbocycles. The zero-order valence-corrected chi connectivity index (χ0v) is 13.4. The molecule has 0 heterocycles. The van der Waals surface area contributed by atoms with Crippen LogP contribution in [0.15, 0.2) is 24.3 Å². The van der Waals surface area contributed by atoms with Gasteiger partial charge < -0.3 is 15.4 Å². The lowest BCUT2D eigenvalue weighted by atomic mass is 10.3. The topological polar surface area (TPSA) is 67.4 Å². The number of amides is 2. The summed E-state index contributed by atoms with van der Waals surface area (Å²) in [5, 5.41) is 5.26. The van der Waals surface area contributed by atoms with Crippen LogP contribution >= 0.6 is 23.2 Å². The molecule has 0 aromatic heterocycles. The Balaban J connectivity index is 2.28. The van der Waals surface area contributed by atoms with Crippen molar-refractivity contribution >= 4 is 35.0 Å². The highest BCUT2D eigenvalue weighted by Crippen LogP contribution is 2.16. The molecule has 0 saturated heterocycles. The SMILES string of the molecule is CC(Cl)C(=O)NCCNC(=O)C(C)Oc1ccc(Cl)cc1. The molecular formula is C14H18Cl2N2O3. The first kappa shape index (κ1) is 17.6. The van der Waals surface area contributed by atoms with E-state index in [2.05, 4.69) is 10.6 Å². The van der Waals surface area contributed by atoms with Crippen molar-refractivity contribution < 1.29 is 14.3 Å². The second-order valence-corrected chi connectivity index (χ2v) is 5.50. The smallest absolute Gasteiger partial charge is 0.260 e.